The van der Waals surface area contributed by atoms with Gasteiger partial charge < -0.3 is 15.1 Å². The highest BCUT2D eigenvalue weighted by Gasteiger charge is 2.24. The summed E-state index contributed by atoms with van der Waals surface area (Å²) in [4.78, 5) is 26.4. The zero-order valence-electron chi connectivity index (χ0n) is 9.62. The first-order valence-corrected chi connectivity index (χ1v) is 5.22. The van der Waals surface area contributed by atoms with E-state index in [0.717, 1.165) is 13.1 Å². The van der Waals surface area contributed by atoms with Gasteiger partial charge in [-0.25, -0.2) is 0 Å². The zero-order valence-corrected chi connectivity index (χ0v) is 9.62. The number of hydrogen-bond acceptors (Lipinski definition) is 3. The highest BCUT2D eigenvalue weighted by Crippen LogP contribution is 2.05. The van der Waals surface area contributed by atoms with Crippen molar-refractivity contribution < 1.29 is 9.59 Å². The standard InChI is InChI=1S/C10H19N3O2/c1-8-7-11-4-5-13(8)10(15)6-9(14)12(2)3/h8,11H,4-7H2,1-3H3. The molecular formula is C10H19N3O2. The number of amides is 2. The van der Waals surface area contributed by atoms with Gasteiger partial charge in [-0.3, -0.25) is 9.59 Å². The maximum Gasteiger partial charge on any atom is 0.232 e. The van der Waals surface area contributed by atoms with Crippen LogP contribution in [0.2, 0.25) is 0 Å². The van der Waals surface area contributed by atoms with Crippen LogP contribution in [0.15, 0.2) is 0 Å². The third kappa shape index (κ3) is 3.20. The molecule has 1 N–H and O–H groups in total. The third-order valence-corrected chi connectivity index (χ3v) is 2.62. The first-order chi connectivity index (χ1) is 7.02. The lowest BCUT2D eigenvalue weighted by molar-refractivity contribution is -0.141. The second-order valence-electron chi connectivity index (χ2n) is 4.11. The third-order valence-electron chi connectivity index (χ3n) is 2.62. The molecule has 1 aliphatic heterocycles. The van der Waals surface area contributed by atoms with Gasteiger partial charge in [0.05, 0.1) is 0 Å². The van der Waals surface area contributed by atoms with Crippen molar-refractivity contribution in [1.29, 1.82) is 0 Å². The van der Waals surface area contributed by atoms with E-state index in [1.807, 2.05) is 6.92 Å². The largest absolute Gasteiger partial charge is 0.348 e. The number of rotatable bonds is 2. The predicted molar refractivity (Wildman–Crippen MR) is 57.4 cm³/mol. The number of carbonyl (C=O) groups is 2. The fourth-order valence-corrected chi connectivity index (χ4v) is 1.60. The van der Waals surface area contributed by atoms with E-state index in [9.17, 15) is 9.59 Å². The molecule has 0 saturated carbocycles. The van der Waals surface area contributed by atoms with Gasteiger partial charge in [0.1, 0.15) is 6.42 Å². The molecule has 1 rings (SSSR count). The minimum Gasteiger partial charge on any atom is -0.348 e. The Labute approximate surface area is 90.4 Å². The van der Waals surface area contributed by atoms with E-state index in [0.29, 0.717) is 6.54 Å². The second kappa shape index (κ2) is 5.11. The molecule has 5 nitrogen and oxygen atoms in total. The molecule has 1 fully saturated rings. The summed E-state index contributed by atoms with van der Waals surface area (Å²) in [6.07, 6.45) is -0.0165. The van der Waals surface area contributed by atoms with E-state index < -0.39 is 0 Å². The van der Waals surface area contributed by atoms with Crippen molar-refractivity contribution >= 4 is 11.8 Å². The zero-order chi connectivity index (χ0) is 11.4. The Hall–Kier alpha value is -1.10. The molecule has 0 radical (unpaired) electrons. The summed E-state index contributed by atoms with van der Waals surface area (Å²) in [7, 11) is 3.33. The summed E-state index contributed by atoms with van der Waals surface area (Å²) in [6, 6.07) is 0.182. The van der Waals surface area contributed by atoms with E-state index in [1.54, 1.807) is 19.0 Å². The molecule has 15 heavy (non-hydrogen) atoms. The summed E-state index contributed by atoms with van der Waals surface area (Å²) in [5, 5.41) is 3.21. The van der Waals surface area contributed by atoms with Gasteiger partial charge in [0.25, 0.3) is 0 Å². The summed E-state index contributed by atoms with van der Waals surface area (Å²) in [6.45, 7) is 4.30. The molecule has 1 heterocycles. The van der Waals surface area contributed by atoms with Crippen LogP contribution >= 0.6 is 0 Å². The van der Waals surface area contributed by atoms with E-state index >= 15 is 0 Å². The molecule has 2 amide bonds. The molecule has 0 aromatic rings. The predicted octanol–water partition coefficient (Wildman–Crippen LogP) is -0.715. The summed E-state index contributed by atoms with van der Waals surface area (Å²) in [5.74, 6) is -0.201. The maximum atomic E-state index is 11.8. The highest BCUT2D eigenvalue weighted by molar-refractivity contribution is 5.96. The molecule has 1 saturated heterocycles. The van der Waals surface area contributed by atoms with Crippen LogP contribution in [-0.4, -0.2) is 61.4 Å². The van der Waals surface area contributed by atoms with Gasteiger partial charge in [0, 0.05) is 39.8 Å². The summed E-state index contributed by atoms with van der Waals surface area (Å²) in [5.41, 5.74) is 0. The Morgan fingerprint density at radius 2 is 2.13 bits per heavy atom. The van der Waals surface area contributed by atoms with Crippen molar-refractivity contribution in [1.82, 2.24) is 15.1 Å². The van der Waals surface area contributed by atoms with Crippen LogP contribution in [0.25, 0.3) is 0 Å². The van der Waals surface area contributed by atoms with Gasteiger partial charge in [-0.1, -0.05) is 0 Å². The van der Waals surface area contributed by atoms with Crippen molar-refractivity contribution in [3.8, 4) is 0 Å². The topological polar surface area (TPSA) is 52.7 Å². The van der Waals surface area contributed by atoms with Crippen molar-refractivity contribution in [2.75, 3.05) is 33.7 Å². The molecule has 86 valence electrons. The van der Waals surface area contributed by atoms with E-state index in [-0.39, 0.29) is 24.3 Å². The minimum atomic E-state index is -0.134. The molecular weight excluding hydrogens is 194 g/mol. The Morgan fingerprint density at radius 1 is 1.47 bits per heavy atom. The van der Waals surface area contributed by atoms with Crippen LogP contribution in [0.5, 0.6) is 0 Å². The molecule has 0 bridgehead atoms. The van der Waals surface area contributed by atoms with Crippen molar-refractivity contribution in [3.63, 3.8) is 0 Å². The molecule has 0 aromatic heterocycles. The lowest BCUT2D eigenvalue weighted by atomic mass is 10.2. The van der Waals surface area contributed by atoms with Crippen molar-refractivity contribution in [2.24, 2.45) is 0 Å². The summed E-state index contributed by atoms with van der Waals surface area (Å²) < 4.78 is 0. The quantitative estimate of drug-likeness (QED) is 0.616. The summed E-state index contributed by atoms with van der Waals surface area (Å²) >= 11 is 0. The SMILES string of the molecule is CC1CNCCN1C(=O)CC(=O)N(C)C. The minimum absolute atomic E-state index is 0.0165. The fraction of sp³-hybridized carbons (Fsp3) is 0.800. The van der Waals surface area contributed by atoms with Crippen LogP contribution in [0.4, 0.5) is 0 Å². The van der Waals surface area contributed by atoms with Gasteiger partial charge in [-0.15, -0.1) is 0 Å². The van der Waals surface area contributed by atoms with Gasteiger partial charge >= 0.3 is 0 Å². The average Bonchev–Trinajstić information content (AvgIpc) is 2.18. The number of piperazine rings is 1. The van der Waals surface area contributed by atoms with Crippen LogP contribution < -0.4 is 5.32 Å². The lowest BCUT2D eigenvalue weighted by Crippen LogP contribution is -2.52. The second-order valence-corrected chi connectivity index (χ2v) is 4.11. The van der Waals surface area contributed by atoms with Gasteiger partial charge in [0.2, 0.25) is 11.8 Å². The van der Waals surface area contributed by atoms with E-state index in [1.165, 1.54) is 4.90 Å². The van der Waals surface area contributed by atoms with Crippen molar-refractivity contribution in [2.45, 2.75) is 19.4 Å². The maximum absolute atomic E-state index is 11.8. The molecule has 1 aliphatic rings. The first kappa shape index (κ1) is 12.0. The van der Waals surface area contributed by atoms with Gasteiger partial charge in [-0.05, 0) is 6.92 Å². The smallest absolute Gasteiger partial charge is 0.232 e. The molecule has 0 aromatic carbocycles. The molecule has 5 heteroatoms. The fourth-order valence-electron chi connectivity index (χ4n) is 1.60. The van der Waals surface area contributed by atoms with Gasteiger partial charge in [0.15, 0.2) is 0 Å². The van der Waals surface area contributed by atoms with Crippen LogP contribution in [0, 0.1) is 0 Å². The lowest BCUT2D eigenvalue weighted by Gasteiger charge is -2.34. The normalized spacial score (nSPS) is 21.3. The Morgan fingerprint density at radius 3 is 2.67 bits per heavy atom. The van der Waals surface area contributed by atoms with Crippen LogP contribution in [0.3, 0.4) is 0 Å². The van der Waals surface area contributed by atoms with Crippen molar-refractivity contribution in [3.05, 3.63) is 0 Å². The number of nitrogens with one attached hydrogen (secondary N) is 1. The molecule has 1 atom stereocenters. The van der Waals surface area contributed by atoms with E-state index in [4.69, 9.17) is 0 Å². The number of hydrogen-bond donors (Lipinski definition) is 1. The highest BCUT2D eigenvalue weighted by atomic mass is 16.2. The average molecular weight is 213 g/mol. The monoisotopic (exact) mass is 213 g/mol. The molecule has 1 unspecified atom stereocenters. The Balaban J connectivity index is 2.48. The van der Waals surface area contributed by atoms with E-state index in [2.05, 4.69) is 5.32 Å². The van der Waals surface area contributed by atoms with Crippen LogP contribution in [-0.2, 0) is 9.59 Å². The van der Waals surface area contributed by atoms with Gasteiger partial charge in [-0.2, -0.15) is 0 Å². The first-order valence-electron chi connectivity index (χ1n) is 5.22. The van der Waals surface area contributed by atoms with Crippen LogP contribution in [0.1, 0.15) is 13.3 Å². The Bertz CT molecular complexity index is 253. The number of nitrogens with zero attached hydrogens (tertiary/aromatic N) is 2. The molecule has 0 spiro atoms. The Kier molecular flexibility index (Phi) is 4.08. The number of carbonyl (C=O) groups excluding carboxylic acids is 2. The molecule has 0 aliphatic carbocycles.